The predicted octanol–water partition coefficient (Wildman–Crippen LogP) is 4.97. The summed E-state index contributed by atoms with van der Waals surface area (Å²) >= 11 is 0. The summed E-state index contributed by atoms with van der Waals surface area (Å²) in [6.07, 6.45) is 5.31. The first-order chi connectivity index (χ1) is 11.9. The van der Waals surface area contributed by atoms with Crippen LogP contribution in [0, 0.1) is 5.92 Å². The fraction of sp³-hybridized carbons (Fsp3) is 1.00. The van der Waals surface area contributed by atoms with Gasteiger partial charge in [-0.05, 0) is 59.5 Å². The zero-order valence-electron chi connectivity index (χ0n) is 18.9. The molecular weight excluding hydrogens is 306 g/mol. The molecule has 25 heavy (non-hydrogen) atoms. The third-order valence-corrected chi connectivity index (χ3v) is 5.03. The van der Waals surface area contributed by atoms with E-state index < -0.39 is 0 Å². The first-order valence-corrected chi connectivity index (χ1v) is 11.1. The molecule has 0 aromatic rings. The lowest BCUT2D eigenvalue weighted by molar-refractivity contribution is 0.0758. The fourth-order valence-corrected chi connectivity index (χ4v) is 3.48. The summed E-state index contributed by atoms with van der Waals surface area (Å²) in [4.78, 5) is 7.94. The molecule has 0 spiro atoms. The second kappa shape index (κ2) is 15.0. The molecule has 2 saturated heterocycles. The Kier molecular flexibility index (Phi) is 14.9. The summed E-state index contributed by atoms with van der Waals surface area (Å²) in [6, 6.07) is 1.45. The van der Waals surface area contributed by atoms with Crippen molar-refractivity contribution in [2.24, 2.45) is 5.92 Å². The zero-order valence-corrected chi connectivity index (χ0v) is 18.9. The molecule has 3 heteroatoms. The molecule has 0 aliphatic carbocycles. The SMILES string of the molecule is CC(C)N1CCC(CN2CCN(C(C)C)CC2)CC1.CCC.CCC. The average Bonchev–Trinajstić information content (AvgIpc) is 2.57. The minimum Gasteiger partial charge on any atom is -0.301 e. The molecular formula is C22H49N3. The Labute approximate surface area is 160 Å². The van der Waals surface area contributed by atoms with Crippen molar-refractivity contribution in [2.75, 3.05) is 45.8 Å². The van der Waals surface area contributed by atoms with Crippen LogP contribution in [0.25, 0.3) is 0 Å². The van der Waals surface area contributed by atoms with Gasteiger partial charge >= 0.3 is 0 Å². The molecule has 2 aliphatic heterocycles. The minimum absolute atomic E-state index is 0.719. The molecule has 3 nitrogen and oxygen atoms in total. The maximum absolute atomic E-state index is 2.70. The summed E-state index contributed by atoms with van der Waals surface area (Å²) in [7, 11) is 0. The van der Waals surface area contributed by atoms with E-state index in [-0.39, 0.29) is 0 Å². The second-order valence-corrected chi connectivity index (χ2v) is 8.42. The Bertz CT molecular complexity index is 247. The molecule has 0 bridgehead atoms. The number of nitrogens with zero attached hydrogens (tertiary/aromatic N) is 3. The third kappa shape index (κ3) is 11.2. The summed E-state index contributed by atoms with van der Waals surface area (Å²) in [5.41, 5.74) is 0. The number of piperidine rings is 1. The van der Waals surface area contributed by atoms with Crippen LogP contribution >= 0.6 is 0 Å². The van der Waals surface area contributed by atoms with Crippen molar-refractivity contribution >= 4 is 0 Å². The lowest BCUT2D eigenvalue weighted by atomic mass is 9.95. The van der Waals surface area contributed by atoms with E-state index in [0.29, 0.717) is 0 Å². The highest BCUT2D eigenvalue weighted by Gasteiger charge is 2.25. The first-order valence-electron chi connectivity index (χ1n) is 11.1. The van der Waals surface area contributed by atoms with E-state index in [0.717, 1.165) is 18.0 Å². The van der Waals surface area contributed by atoms with E-state index in [1.54, 1.807) is 0 Å². The van der Waals surface area contributed by atoms with Crippen molar-refractivity contribution in [1.29, 1.82) is 0 Å². The van der Waals surface area contributed by atoms with Gasteiger partial charge < -0.3 is 9.80 Å². The van der Waals surface area contributed by atoms with E-state index >= 15 is 0 Å². The molecule has 2 aliphatic rings. The van der Waals surface area contributed by atoms with Crippen LogP contribution in [0.15, 0.2) is 0 Å². The van der Waals surface area contributed by atoms with Gasteiger partial charge in [0.1, 0.15) is 0 Å². The zero-order chi connectivity index (χ0) is 19.2. The normalized spacial score (nSPS) is 20.9. The summed E-state index contributed by atoms with van der Waals surface area (Å²) in [6.45, 7) is 26.8. The van der Waals surface area contributed by atoms with Crippen LogP contribution in [0.1, 0.15) is 81.1 Å². The van der Waals surface area contributed by atoms with Crippen LogP contribution in [0.4, 0.5) is 0 Å². The van der Waals surface area contributed by atoms with Crippen LogP contribution in [-0.2, 0) is 0 Å². The molecule has 0 aromatic carbocycles. The van der Waals surface area contributed by atoms with Crippen molar-refractivity contribution in [3.05, 3.63) is 0 Å². The van der Waals surface area contributed by atoms with Gasteiger partial charge in [-0.25, -0.2) is 0 Å². The number of rotatable bonds is 4. The lowest BCUT2D eigenvalue weighted by Crippen LogP contribution is -2.50. The topological polar surface area (TPSA) is 9.72 Å². The quantitative estimate of drug-likeness (QED) is 0.705. The average molecular weight is 356 g/mol. The Morgan fingerprint density at radius 2 is 1.00 bits per heavy atom. The van der Waals surface area contributed by atoms with Gasteiger partial charge in [0, 0.05) is 44.8 Å². The Morgan fingerprint density at radius 1 is 0.640 bits per heavy atom. The van der Waals surface area contributed by atoms with Gasteiger partial charge in [0.25, 0.3) is 0 Å². The molecule has 2 heterocycles. The second-order valence-electron chi connectivity index (χ2n) is 8.42. The van der Waals surface area contributed by atoms with E-state index in [4.69, 9.17) is 0 Å². The number of likely N-dealkylation sites (tertiary alicyclic amines) is 1. The van der Waals surface area contributed by atoms with Crippen LogP contribution in [-0.4, -0.2) is 72.6 Å². The highest BCUT2D eigenvalue weighted by Crippen LogP contribution is 2.20. The van der Waals surface area contributed by atoms with Gasteiger partial charge in [-0.1, -0.05) is 40.5 Å². The van der Waals surface area contributed by atoms with Crippen molar-refractivity contribution in [3.8, 4) is 0 Å². The van der Waals surface area contributed by atoms with Crippen LogP contribution in [0.5, 0.6) is 0 Å². The smallest absolute Gasteiger partial charge is 0.0113 e. The molecule has 0 aromatic heterocycles. The molecule has 2 fully saturated rings. The first kappa shape index (κ1) is 24.9. The highest BCUT2D eigenvalue weighted by molar-refractivity contribution is 4.80. The van der Waals surface area contributed by atoms with E-state index in [2.05, 4.69) is 70.1 Å². The van der Waals surface area contributed by atoms with Crippen LogP contribution < -0.4 is 0 Å². The minimum atomic E-state index is 0.719. The fourth-order valence-electron chi connectivity index (χ4n) is 3.48. The van der Waals surface area contributed by atoms with Gasteiger partial charge in [0.05, 0.1) is 0 Å². The maximum Gasteiger partial charge on any atom is 0.0113 e. The Balaban J connectivity index is 0.000000844. The van der Waals surface area contributed by atoms with Gasteiger partial charge in [-0.15, -0.1) is 0 Å². The molecule has 0 amide bonds. The van der Waals surface area contributed by atoms with Gasteiger partial charge in [-0.3, -0.25) is 4.90 Å². The summed E-state index contributed by atoms with van der Waals surface area (Å²) in [5.74, 6) is 0.945. The van der Waals surface area contributed by atoms with Crippen molar-refractivity contribution in [2.45, 2.75) is 93.2 Å². The molecule has 0 atom stereocenters. The standard InChI is InChI=1S/C16H33N3.2C3H8/c1-14(2)18-7-5-16(6-8-18)13-17-9-11-19(12-10-17)15(3)4;2*1-3-2/h14-16H,5-13H2,1-4H3;2*3H2,1-2H3. The van der Waals surface area contributed by atoms with Crippen LogP contribution in [0.3, 0.4) is 0 Å². The van der Waals surface area contributed by atoms with E-state index in [1.165, 1.54) is 71.5 Å². The molecule has 0 radical (unpaired) electrons. The number of piperazine rings is 1. The monoisotopic (exact) mass is 355 g/mol. The predicted molar refractivity (Wildman–Crippen MR) is 115 cm³/mol. The summed E-state index contributed by atoms with van der Waals surface area (Å²) < 4.78 is 0. The maximum atomic E-state index is 2.70. The van der Waals surface area contributed by atoms with Crippen molar-refractivity contribution in [1.82, 2.24) is 14.7 Å². The molecule has 0 saturated carbocycles. The molecule has 0 unspecified atom stereocenters. The molecule has 0 N–H and O–H groups in total. The number of hydrogen-bond donors (Lipinski definition) is 0. The Morgan fingerprint density at radius 3 is 1.36 bits per heavy atom. The molecule has 2 rings (SSSR count). The van der Waals surface area contributed by atoms with Gasteiger partial charge in [0.2, 0.25) is 0 Å². The van der Waals surface area contributed by atoms with Gasteiger partial charge in [0.15, 0.2) is 0 Å². The van der Waals surface area contributed by atoms with E-state index in [9.17, 15) is 0 Å². The lowest BCUT2D eigenvalue weighted by Gasteiger charge is -2.40. The number of hydrogen-bond acceptors (Lipinski definition) is 3. The Hall–Kier alpha value is -0.120. The van der Waals surface area contributed by atoms with Crippen molar-refractivity contribution in [3.63, 3.8) is 0 Å². The summed E-state index contributed by atoms with van der Waals surface area (Å²) in [5, 5.41) is 0. The highest BCUT2D eigenvalue weighted by atomic mass is 15.3. The van der Waals surface area contributed by atoms with Gasteiger partial charge in [-0.2, -0.15) is 0 Å². The largest absolute Gasteiger partial charge is 0.301 e. The molecule has 152 valence electrons. The van der Waals surface area contributed by atoms with Crippen molar-refractivity contribution < 1.29 is 0 Å². The van der Waals surface area contributed by atoms with E-state index in [1.807, 2.05) is 0 Å². The van der Waals surface area contributed by atoms with Crippen LogP contribution in [0.2, 0.25) is 0 Å². The third-order valence-electron chi connectivity index (χ3n) is 5.03.